The summed E-state index contributed by atoms with van der Waals surface area (Å²) in [5, 5.41) is 27.2. The molecular formula is C30H33N7O3. The lowest BCUT2D eigenvalue weighted by molar-refractivity contribution is 0.00250. The first-order valence-corrected chi connectivity index (χ1v) is 13.3. The van der Waals surface area contributed by atoms with Crippen molar-refractivity contribution < 1.29 is 14.6 Å². The van der Waals surface area contributed by atoms with E-state index in [0.29, 0.717) is 34.4 Å². The molecule has 3 aromatic heterocycles. The minimum absolute atomic E-state index is 0.109. The molecule has 5 heterocycles. The molecule has 3 atom stereocenters. The van der Waals surface area contributed by atoms with Crippen LogP contribution in [0.15, 0.2) is 65.8 Å². The van der Waals surface area contributed by atoms with Crippen molar-refractivity contribution in [2.45, 2.75) is 38.8 Å². The molecule has 206 valence electrons. The third-order valence-electron chi connectivity index (χ3n) is 7.42. The number of carbonyl (C=O) groups excluding carboxylic acids is 1. The standard InChI is InChI=1S/C30H33N7O3/c1-19(24-12-23(40-18-30(2,3)39)17-37-28(24)22(13-31)14-34-37)8-9-26(32-4)36-15-20-11-21(16-36)27(20)35-29(38)25-7-5-6-10-33-25/h5-10,12,14,17,20-21,27,39H,4,11,15-16,18H2,1-3H3,(H,35,38)/b19-8+,26-9+/t20-,21+,27+. The maximum absolute atomic E-state index is 12.6. The topological polar surface area (TPSA) is 128 Å². The van der Waals surface area contributed by atoms with Crippen LogP contribution in [0.4, 0.5) is 0 Å². The van der Waals surface area contributed by atoms with Gasteiger partial charge in [0.15, 0.2) is 0 Å². The summed E-state index contributed by atoms with van der Waals surface area (Å²) >= 11 is 0. The fourth-order valence-electron chi connectivity index (χ4n) is 5.40. The maximum atomic E-state index is 12.6. The summed E-state index contributed by atoms with van der Waals surface area (Å²) < 4.78 is 7.45. The molecule has 1 amide bonds. The number of nitrogens with one attached hydrogen (secondary N) is 1. The zero-order valence-electron chi connectivity index (χ0n) is 22.9. The number of rotatable bonds is 9. The van der Waals surface area contributed by atoms with Crippen molar-refractivity contribution in [1.29, 1.82) is 5.26 Å². The Labute approximate surface area is 233 Å². The van der Waals surface area contributed by atoms with Crippen LogP contribution in [0.2, 0.25) is 0 Å². The number of aromatic nitrogens is 3. The lowest BCUT2D eigenvalue weighted by Crippen LogP contribution is -2.64. The van der Waals surface area contributed by atoms with E-state index in [1.54, 1.807) is 42.9 Å². The SMILES string of the molecule is C=N/C(=C\C=C(/C)c1cc(OCC(C)(C)O)cn2ncc(C#N)c12)N1C[C@H]2C[C@@H](C1)[C@H]2NC(=O)c1ccccn1. The number of aliphatic imine (C=N–C) groups is 1. The Morgan fingerprint density at radius 3 is 2.77 bits per heavy atom. The highest BCUT2D eigenvalue weighted by atomic mass is 16.5. The van der Waals surface area contributed by atoms with Gasteiger partial charge in [0.05, 0.1) is 29.1 Å². The molecule has 2 aliphatic heterocycles. The number of aliphatic hydroxyl groups is 1. The summed E-state index contributed by atoms with van der Waals surface area (Å²) in [4.78, 5) is 23.3. The second kappa shape index (κ2) is 10.9. The van der Waals surface area contributed by atoms with Crippen molar-refractivity contribution in [3.63, 3.8) is 0 Å². The average molecular weight is 540 g/mol. The van der Waals surface area contributed by atoms with E-state index in [0.717, 1.165) is 36.5 Å². The van der Waals surface area contributed by atoms with Gasteiger partial charge in [-0.25, -0.2) is 9.51 Å². The first kappa shape index (κ1) is 27.1. The summed E-state index contributed by atoms with van der Waals surface area (Å²) in [6.07, 6.45) is 9.80. The fourth-order valence-corrected chi connectivity index (χ4v) is 5.40. The predicted octanol–water partition coefficient (Wildman–Crippen LogP) is 3.45. The van der Waals surface area contributed by atoms with Crippen LogP contribution in [0, 0.1) is 23.2 Å². The van der Waals surface area contributed by atoms with Gasteiger partial charge in [-0.15, -0.1) is 0 Å². The zero-order valence-corrected chi connectivity index (χ0v) is 22.9. The van der Waals surface area contributed by atoms with Crippen LogP contribution in [-0.4, -0.2) is 68.6 Å². The van der Waals surface area contributed by atoms with Crippen LogP contribution >= 0.6 is 0 Å². The van der Waals surface area contributed by atoms with Gasteiger partial charge < -0.3 is 20.1 Å². The molecule has 10 nitrogen and oxygen atoms in total. The fraction of sp³-hybridized carbons (Fsp3) is 0.367. The van der Waals surface area contributed by atoms with Gasteiger partial charge in [0.2, 0.25) is 0 Å². The van der Waals surface area contributed by atoms with Crippen LogP contribution < -0.4 is 10.1 Å². The summed E-state index contributed by atoms with van der Waals surface area (Å²) in [6.45, 7) is 10.8. The van der Waals surface area contributed by atoms with Crippen molar-refractivity contribution in [2.24, 2.45) is 16.8 Å². The van der Waals surface area contributed by atoms with Gasteiger partial charge in [-0.3, -0.25) is 9.78 Å². The summed E-state index contributed by atoms with van der Waals surface area (Å²) in [5.41, 5.74) is 2.25. The monoisotopic (exact) mass is 539 g/mol. The van der Waals surface area contributed by atoms with Crippen molar-refractivity contribution >= 4 is 23.7 Å². The Balaban J connectivity index is 1.33. The quantitative estimate of drug-likeness (QED) is 0.315. The van der Waals surface area contributed by atoms with E-state index in [4.69, 9.17) is 4.74 Å². The number of allylic oxidation sites excluding steroid dienone is 3. The Morgan fingerprint density at radius 2 is 2.12 bits per heavy atom. The van der Waals surface area contributed by atoms with Crippen molar-refractivity contribution in [2.75, 3.05) is 19.7 Å². The number of piperidine rings is 2. The van der Waals surface area contributed by atoms with E-state index in [-0.39, 0.29) is 18.6 Å². The first-order valence-electron chi connectivity index (χ1n) is 13.3. The molecule has 3 aromatic rings. The first-order chi connectivity index (χ1) is 19.2. The Hall–Kier alpha value is -4.49. The number of hydrogen-bond donors (Lipinski definition) is 2. The van der Waals surface area contributed by atoms with Crippen LogP contribution in [0.25, 0.3) is 11.1 Å². The van der Waals surface area contributed by atoms with Crippen LogP contribution in [-0.2, 0) is 0 Å². The number of hydrogen-bond acceptors (Lipinski definition) is 8. The molecule has 0 radical (unpaired) electrons. The van der Waals surface area contributed by atoms with Crippen LogP contribution in [0.5, 0.6) is 5.75 Å². The zero-order chi connectivity index (χ0) is 28.4. The summed E-state index contributed by atoms with van der Waals surface area (Å²) in [7, 11) is 0. The maximum Gasteiger partial charge on any atom is 0.270 e. The molecule has 2 saturated heterocycles. The number of ether oxygens (including phenoxy) is 1. The van der Waals surface area contributed by atoms with E-state index in [1.807, 2.05) is 31.2 Å². The van der Waals surface area contributed by atoms with Crippen molar-refractivity contribution in [1.82, 2.24) is 24.8 Å². The largest absolute Gasteiger partial charge is 0.489 e. The molecule has 0 aromatic carbocycles. The Morgan fingerprint density at radius 1 is 1.35 bits per heavy atom. The van der Waals surface area contributed by atoms with E-state index in [2.05, 4.69) is 38.1 Å². The molecule has 3 aliphatic rings. The molecule has 3 fully saturated rings. The highest BCUT2D eigenvalue weighted by Gasteiger charge is 2.47. The highest BCUT2D eigenvalue weighted by molar-refractivity contribution is 5.92. The van der Waals surface area contributed by atoms with Gasteiger partial charge in [-0.05, 0) is 75.6 Å². The highest BCUT2D eigenvalue weighted by Crippen LogP contribution is 2.41. The van der Waals surface area contributed by atoms with Gasteiger partial charge in [-0.1, -0.05) is 12.1 Å². The number of fused-ring (bicyclic) bond motifs is 3. The molecule has 6 rings (SSSR count). The summed E-state index contributed by atoms with van der Waals surface area (Å²) in [5.74, 6) is 1.81. The van der Waals surface area contributed by atoms with Crippen LogP contribution in [0.1, 0.15) is 48.8 Å². The third kappa shape index (κ3) is 5.60. The number of amides is 1. The molecule has 2 N–H and O–H groups in total. The second-order valence-electron chi connectivity index (χ2n) is 11.1. The van der Waals surface area contributed by atoms with Crippen molar-refractivity contribution in [3.05, 3.63) is 77.6 Å². The molecular weight excluding hydrogens is 506 g/mol. The number of nitriles is 1. The second-order valence-corrected chi connectivity index (χ2v) is 11.1. The lowest BCUT2D eigenvalue weighted by atomic mass is 9.66. The minimum atomic E-state index is -0.995. The van der Waals surface area contributed by atoms with Gasteiger partial charge in [0.1, 0.15) is 29.9 Å². The summed E-state index contributed by atoms with van der Waals surface area (Å²) in [6, 6.07) is 9.52. The van der Waals surface area contributed by atoms with E-state index in [1.165, 1.54) is 6.20 Å². The average Bonchev–Trinajstić information content (AvgIpc) is 3.37. The molecule has 10 heteroatoms. The lowest BCUT2D eigenvalue weighted by Gasteiger charge is -2.54. The number of pyridine rings is 2. The molecule has 0 spiro atoms. The molecule has 0 unspecified atom stereocenters. The third-order valence-corrected chi connectivity index (χ3v) is 7.42. The van der Waals surface area contributed by atoms with E-state index >= 15 is 0 Å². The Kier molecular flexibility index (Phi) is 7.41. The molecule has 40 heavy (non-hydrogen) atoms. The molecule has 1 aliphatic carbocycles. The normalized spacial score (nSPS) is 21.0. The van der Waals surface area contributed by atoms with Crippen LogP contribution in [0.3, 0.4) is 0 Å². The van der Waals surface area contributed by atoms with E-state index < -0.39 is 5.60 Å². The predicted molar refractivity (Wildman–Crippen MR) is 152 cm³/mol. The van der Waals surface area contributed by atoms with Crippen molar-refractivity contribution in [3.8, 4) is 11.8 Å². The smallest absolute Gasteiger partial charge is 0.270 e. The van der Waals surface area contributed by atoms with Gasteiger partial charge in [0.25, 0.3) is 5.91 Å². The molecule has 1 saturated carbocycles. The van der Waals surface area contributed by atoms with Gasteiger partial charge in [-0.2, -0.15) is 10.4 Å². The minimum Gasteiger partial charge on any atom is -0.489 e. The number of carbonyl (C=O) groups is 1. The van der Waals surface area contributed by atoms with Gasteiger partial charge in [0, 0.05) is 30.9 Å². The Bertz CT molecular complexity index is 1520. The molecule has 2 bridgehead atoms. The number of nitrogens with zero attached hydrogens (tertiary/aromatic N) is 6. The van der Waals surface area contributed by atoms with E-state index in [9.17, 15) is 15.2 Å². The van der Waals surface area contributed by atoms with Gasteiger partial charge >= 0.3 is 0 Å².